The number of hydrogen-bond donors (Lipinski definition) is 3. The summed E-state index contributed by atoms with van der Waals surface area (Å²) in [7, 11) is 0. The average molecular weight is 397 g/mol. The molecule has 0 saturated carbocycles. The molecule has 3 N–H and O–H groups in total. The summed E-state index contributed by atoms with van der Waals surface area (Å²) in [4.78, 5) is 18.4. The van der Waals surface area contributed by atoms with Gasteiger partial charge in [-0.1, -0.05) is 30.3 Å². The minimum Gasteiger partial charge on any atom is -0.355 e. The second-order valence-corrected chi connectivity index (χ2v) is 8.71. The summed E-state index contributed by atoms with van der Waals surface area (Å²) in [5, 5.41) is 10.8. The molecule has 0 spiro atoms. The van der Waals surface area contributed by atoms with Gasteiger partial charge in [0.2, 0.25) is 0 Å². The van der Waals surface area contributed by atoms with Crippen LogP contribution in [-0.4, -0.2) is 20.9 Å². The van der Waals surface area contributed by atoms with Gasteiger partial charge in [-0.05, 0) is 37.1 Å². The summed E-state index contributed by atoms with van der Waals surface area (Å²) < 4.78 is 0. The number of thiazole rings is 1. The molecule has 2 aromatic heterocycles. The van der Waals surface area contributed by atoms with E-state index in [2.05, 4.69) is 51.7 Å². The molecule has 5 nitrogen and oxygen atoms in total. The molecule has 7 heteroatoms. The Labute approximate surface area is 165 Å². The molecule has 4 aromatic rings. The van der Waals surface area contributed by atoms with Gasteiger partial charge in [0.25, 0.3) is 5.56 Å². The molecule has 0 fully saturated rings. The van der Waals surface area contributed by atoms with Crippen LogP contribution in [0, 0.1) is 6.92 Å². The molecule has 2 heterocycles. The van der Waals surface area contributed by atoms with Gasteiger partial charge in [0.15, 0.2) is 5.13 Å². The molecule has 0 bridgehead atoms. The van der Waals surface area contributed by atoms with E-state index >= 15 is 0 Å². The van der Waals surface area contributed by atoms with E-state index in [0.717, 1.165) is 27.7 Å². The van der Waals surface area contributed by atoms with Crippen molar-refractivity contribution in [2.24, 2.45) is 0 Å². The average Bonchev–Trinajstić information content (AvgIpc) is 3.27. The highest BCUT2D eigenvalue weighted by Crippen LogP contribution is 2.29. The van der Waals surface area contributed by atoms with E-state index in [1.165, 1.54) is 10.4 Å². The van der Waals surface area contributed by atoms with E-state index in [-0.39, 0.29) is 11.6 Å². The number of fused-ring (bicyclic) bond motifs is 1. The minimum absolute atomic E-state index is 0.0753. The number of aromatic amines is 2. The molecule has 1 unspecified atom stereocenters. The zero-order chi connectivity index (χ0) is 18.6. The summed E-state index contributed by atoms with van der Waals surface area (Å²) in [5.74, 6) is 0.955. The maximum Gasteiger partial charge on any atom is 0.271 e. The first-order valence-corrected chi connectivity index (χ1v) is 10.6. The lowest BCUT2D eigenvalue weighted by Crippen LogP contribution is -2.11. The number of anilines is 1. The van der Waals surface area contributed by atoms with Crippen LogP contribution in [0.5, 0.6) is 0 Å². The number of rotatable bonds is 7. The first-order chi connectivity index (χ1) is 13.2. The zero-order valence-electron chi connectivity index (χ0n) is 14.9. The van der Waals surface area contributed by atoms with Crippen molar-refractivity contribution in [1.82, 2.24) is 15.2 Å². The number of nitrogens with one attached hydrogen (secondary N) is 3. The van der Waals surface area contributed by atoms with Gasteiger partial charge in [0, 0.05) is 21.7 Å². The summed E-state index contributed by atoms with van der Waals surface area (Å²) in [5.41, 5.74) is 2.03. The molecule has 4 rings (SSSR count). The van der Waals surface area contributed by atoms with Crippen molar-refractivity contribution in [3.63, 3.8) is 0 Å². The van der Waals surface area contributed by atoms with Crippen LogP contribution in [0.2, 0.25) is 0 Å². The molecule has 0 amide bonds. The highest BCUT2D eigenvalue weighted by atomic mass is 32.2. The molecule has 0 aliphatic carbocycles. The fourth-order valence-corrected chi connectivity index (χ4v) is 4.65. The first-order valence-electron chi connectivity index (χ1n) is 8.76. The van der Waals surface area contributed by atoms with E-state index in [4.69, 9.17) is 0 Å². The Morgan fingerprint density at radius 2 is 2.04 bits per heavy atom. The normalized spacial score (nSPS) is 12.3. The molecule has 0 saturated heterocycles. The summed E-state index contributed by atoms with van der Waals surface area (Å²) in [6.45, 7) is 2.07. The maximum atomic E-state index is 11.6. The predicted octanol–water partition coefficient (Wildman–Crippen LogP) is 4.96. The van der Waals surface area contributed by atoms with Crippen molar-refractivity contribution in [2.45, 2.75) is 24.3 Å². The van der Waals surface area contributed by atoms with Crippen LogP contribution in [0.3, 0.4) is 0 Å². The first kappa shape index (κ1) is 17.9. The van der Waals surface area contributed by atoms with Crippen LogP contribution >= 0.6 is 23.1 Å². The highest BCUT2D eigenvalue weighted by Gasteiger charge is 2.13. The number of nitrogens with zero attached hydrogens (tertiary/aromatic N) is 1. The Hall–Kier alpha value is -2.51. The third kappa shape index (κ3) is 4.26. The van der Waals surface area contributed by atoms with Crippen molar-refractivity contribution in [1.29, 1.82) is 0 Å². The van der Waals surface area contributed by atoms with Gasteiger partial charge < -0.3 is 5.32 Å². The fourth-order valence-electron chi connectivity index (χ4n) is 2.98. The predicted molar refractivity (Wildman–Crippen MR) is 114 cm³/mol. The fraction of sp³-hybridized carbons (Fsp3) is 0.200. The molecule has 138 valence electrons. The smallest absolute Gasteiger partial charge is 0.271 e. The van der Waals surface area contributed by atoms with E-state index in [9.17, 15) is 4.79 Å². The van der Waals surface area contributed by atoms with Crippen molar-refractivity contribution < 1.29 is 0 Å². The number of H-pyrrole nitrogens is 2. The highest BCUT2D eigenvalue weighted by molar-refractivity contribution is 7.99. The van der Waals surface area contributed by atoms with Gasteiger partial charge >= 0.3 is 0 Å². The SMILES string of the molecule is Cc1cnc(NC(CCSc2ccc3c(=O)[nH][nH]c3c2)c2ccccc2)s1. The standard InChI is InChI=1S/C20H20N4OS2/c1-13-12-21-20(27-13)22-17(14-5-3-2-4-6-14)9-10-26-15-7-8-16-18(11-15)23-24-19(16)25/h2-8,11-12,17H,9-10H2,1H3,(H,21,22)(H2,23,24,25). The Morgan fingerprint density at radius 1 is 1.19 bits per heavy atom. The summed E-state index contributed by atoms with van der Waals surface area (Å²) in [6.07, 6.45) is 2.87. The topological polar surface area (TPSA) is 73.6 Å². The monoisotopic (exact) mass is 396 g/mol. The van der Waals surface area contributed by atoms with E-state index in [1.54, 1.807) is 23.1 Å². The molecule has 2 aromatic carbocycles. The largest absolute Gasteiger partial charge is 0.355 e. The second kappa shape index (κ2) is 8.02. The lowest BCUT2D eigenvalue weighted by molar-refractivity contribution is 0.755. The van der Waals surface area contributed by atoms with E-state index < -0.39 is 0 Å². The Morgan fingerprint density at radius 3 is 2.81 bits per heavy atom. The molecule has 0 aliphatic heterocycles. The van der Waals surface area contributed by atoms with Gasteiger partial charge in [0.1, 0.15) is 0 Å². The van der Waals surface area contributed by atoms with Crippen LogP contribution < -0.4 is 10.9 Å². The number of thioether (sulfide) groups is 1. The number of benzene rings is 2. The van der Waals surface area contributed by atoms with Crippen molar-refractivity contribution in [2.75, 3.05) is 11.1 Å². The quantitative estimate of drug-likeness (QED) is 0.386. The summed E-state index contributed by atoms with van der Waals surface area (Å²) >= 11 is 3.47. The molecule has 0 aliphatic rings. The third-order valence-corrected chi connectivity index (χ3v) is 6.21. The summed E-state index contributed by atoms with van der Waals surface area (Å²) in [6, 6.07) is 16.6. The van der Waals surface area contributed by atoms with Gasteiger partial charge in [-0.25, -0.2) is 4.98 Å². The van der Waals surface area contributed by atoms with Gasteiger partial charge in [-0.2, -0.15) is 0 Å². The van der Waals surface area contributed by atoms with Crippen molar-refractivity contribution in [3.05, 3.63) is 75.5 Å². The van der Waals surface area contributed by atoms with E-state index in [1.807, 2.05) is 30.5 Å². The molecule has 1 atom stereocenters. The van der Waals surface area contributed by atoms with Gasteiger partial charge in [-0.15, -0.1) is 23.1 Å². The van der Waals surface area contributed by atoms with Crippen LogP contribution in [-0.2, 0) is 0 Å². The zero-order valence-corrected chi connectivity index (χ0v) is 16.5. The second-order valence-electron chi connectivity index (χ2n) is 6.31. The maximum absolute atomic E-state index is 11.6. The van der Waals surface area contributed by atoms with Crippen LogP contribution in [0.4, 0.5) is 5.13 Å². The Kier molecular flexibility index (Phi) is 5.31. The van der Waals surface area contributed by atoms with Crippen molar-refractivity contribution in [3.8, 4) is 0 Å². The number of aromatic nitrogens is 3. The van der Waals surface area contributed by atoms with Crippen LogP contribution in [0.15, 0.2) is 64.4 Å². The Balaban J connectivity index is 1.45. The number of aryl methyl sites for hydroxylation is 1. The lowest BCUT2D eigenvalue weighted by atomic mass is 10.1. The molecular formula is C20H20N4OS2. The van der Waals surface area contributed by atoms with Gasteiger partial charge in [-0.3, -0.25) is 15.0 Å². The lowest BCUT2D eigenvalue weighted by Gasteiger charge is -2.18. The van der Waals surface area contributed by atoms with Crippen molar-refractivity contribution >= 4 is 39.1 Å². The van der Waals surface area contributed by atoms with Crippen LogP contribution in [0.1, 0.15) is 22.9 Å². The van der Waals surface area contributed by atoms with Crippen LogP contribution in [0.25, 0.3) is 10.9 Å². The van der Waals surface area contributed by atoms with Gasteiger partial charge in [0.05, 0.1) is 16.9 Å². The van der Waals surface area contributed by atoms with E-state index in [0.29, 0.717) is 5.39 Å². The third-order valence-electron chi connectivity index (χ3n) is 4.34. The number of hydrogen-bond acceptors (Lipinski definition) is 5. The molecule has 0 radical (unpaired) electrons. The minimum atomic E-state index is -0.0753. The molecular weight excluding hydrogens is 376 g/mol. The Bertz CT molecular complexity index is 1080. The molecule has 27 heavy (non-hydrogen) atoms.